The third kappa shape index (κ3) is 5.81. The van der Waals surface area contributed by atoms with Crippen molar-refractivity contribution in [2.24, 2.45) is 5.73 Å². The first-order chi connectivity index (χ1) is 11.2. The summed E-state index contributed by atoms with van der Waals surface area (Å²) in [5.41, 5.74) is 7.29. The van der Waals surface area contributed by atoms with E-state index in [1.807, 2.05) is 34.5 Å². The number of carbonyl (C=O) groups excluding carboxylic acids is 1. The first-order valence-corrected chi connectivity index (χ1v) is 9.19. The number of hydrogen-bond acceptors (Lipinski definition) is 3. The van der Waals surface area contributed by atoms with Crippen molar-refractivity contribution >= 4 is 17.2 Å². The Hall–Kier alpha value is -1.65. The molecule has 1 aromatic heterocycles. The normalized spacial score (nSPS) is 12.1. The number of amides is 1. The summed E-state index contributed by atoms with van der Waals surface area (Å²) in [6.07, 6.45) is 4.05. The van der Waals surface area contributed by atoms with Crippen LogP contribution in [0.2, 0.25) is 0 Å². The molecular weight excluding hydrogens is 304 g/mol. The SMILES string of the molecule is CCCCC[C@H](N)C(=O)N(Cc1ccccc1)Cc1cccs1. The van der Waals surface area contributed by atoms with Crippen LogP contribution in [-0.4, -0.2) is 16.8 Å². The summed E-state index contributed by atoms with van der Waals surface area (Å²) in [6.45, 7) is 3.40. The molecule has 3 nitrogen and oxygen atoms in total. The predicted octanol–water partition coefficient (Wildman–Crippen LogP) is 4.18. The van der Waals surface area contributed by atoms with Gasteiger partial charge in [-0.25, -0.2) is 0 Å². The Morgan fingerprint density at radius 2 is 1.91 bits per heavy atom. The summed E-state index contributed by atoms with van der Waals surface area (Å²) in [6, 6.07) is 13.8. The van der Waals surface area contributed by atoms with E-state index < -0.39 is 6.04 Å². The largest absolute Gasteiger partial charge is 0.332 e. The first-order valence-electron chi connectivity index (χ1n) is 8.31. The molecule has 1 atom stereocenters. The van der Waals surface area contributed by atoms with Crippen LogP contribution in [-0.2, 0) is 17.9 Å². The molecule has 0 spiro atoms. The van der Waals surface area contributed by atoms with Gasteiger partial charge in [-0.15, -0.1) is 11.3 Å². The third-order valence-corrected chi connectivity index (χ3v) is 4.75. The van der Waals surface area contributed by atoms with E-state index in [1.165, 1.54) is 4.88 Å². The second-order valence-corrected chi connectivity index (χ2v) is 6.89. The van der Waals surface area contributed by atoms with Gasteiger partial charge in [0.1, 0.15) is 0 Å². The highest BCUT2D eigenvalue weighted by Gasteiger charge is 2.21. The Morgan fingerprint density at radius 1 is 1.13 bits per heavy atom. The van der Waals surface area contributed by atoms with E-state index in [4.69, 9.17) is 5.73 Å². The van der Waals surface area contributed by atoms with Crippen LogP contribution in [0.25, 0.3) is 0 Å². The highest BCUT2D eigenvalue weighted by Crippen LogP contribution is 2.16. The molecular formula is C19H26N2OS. The number of thiophene rings is 1. The van der Waals surface area contributed by atoms with Crippen LogP contribution < -0.4 is 5.73 Å². The van der Waals surface area contributed by atoms with E-state index in [0.717, 1.165) is 31.2 Å². The van der Waals surface area contributed by atoms with Gasteiger partial charge in [0.25, 0.3) is 0 Å². The molecule has 0 fully saturated rings. The zero-order valence-corrected chi connectivity index (χ0v) is 14.6. The van der Waals surface area contributed by atoms with Crippen LogP contribution >= 0.6 is 11.3 Å². The monoisotopic (exact) mass is 330 g/mol. The lowest BCUT2D eigenvalue weighted by atomic mass is 10.1. The summed E-state index contributed by atoms with van der Waals surface area (Å²) >= 11 is 1.68. The highest BCUT2D eigenvalue weighted by molar-refractivity contribution is 7.09. The molecule has 2 N–H and O–H groups in total. The van der Waals surface area contributed by atoms with E-state index in [-0.39, 0.29) is 5.91 Å². The van der Waals surface area contributed by atoms with Crippen molar-refractivity contribution in [1.29, 1.82) is 0 Å². The summed E-state index contributed by atoms with van der Waals surface area (Å²) in [5.74, 6) is 0.0540. The van der Waals surface area contributed by atoms with Gasteiger partial charge in [0.2, 0.25) is 5.91 Å². The molecule has 1 amide bonds. The maximum Gasteiger partial charge on any atom is 0.240 e. The average Bonchev–Trinajstić information content (AvgIpc) is 3.08. The highest BCUT2D eigenvalue weighted by atomic mass is 32.1. The first kappa shape index (κ1) is 17.7. The third-order valence-electron chi connectivity index (χ3n) is 3.89. The van der Waals surface area contributed by atoms with Crippen LogP contribution in [0, 0.1) is 0 Å². The Labute approximate surface area is 143 Å². The molecule has 0 saturated carbocycles. The van der Waals surface area contributed by atoms with Crippen LogP contribution in [0.3, 0.4) is 0 Å². The van der Waals surface area contributed by atoms with E-state index in [9.17, 15) is 4.79 Å². The number of unbranched alkanes of at least 4 members (excludes halogenated alkanes) is 2. The average molecular weight is 330 g/mol. The van der Waals surface area contributed by atoms with Crippen molar-refractivity contribution in [3.8, 4) is 0 Å². The fourth-order valence-electron chi connectivity index (χ4n) is 2.58. The number of nitrogens with zero attached hydrogens (tertiary/aromatic N) is 1. The summed E-state index contributed by atoms with van der Waals surface area (Å²) in [5, 5.41) is 2.04. The minimum absolute atomic E-state index is 0.0540. The van der Waals surface area contributed by atoms with Crippen molar-refractivity contribution < 1.29 is 4.79 Å². The molecule has 0 radical (unpaired) electrons. The lowest BCUT2D eigenvalue weighted by Crippen LogP contribution is -2.42. The van der Waals surface area contributed by atoms with Gasteiger partial charge in [-0.3, -0.25) is 4.79 Å². The zero-order chi connectivity index (χ0) is 16.5. The fraction of sp³-hybridized carbons (Fsp3) is 0.421. The topological polar surface area (TPSA) is 46.3 Å². The number of benzene rings is 1. The minimum Gasteiger partial charge on any atom is -0.332 e. The van der Waals surface area contributed by atoms with E-state index in [0.29, 0.717) is 13.1 Å². The zero-order valence-electron chi connectivity index (χ0n) is 13.8. The van der Waals surface area contributed by atoms with Gasteiger partial charge in [0, 0.05) is 11.4 Å². The molecule has 23 heavy (non-hydrogen) atoms. The maximum absolute atomic E-state index is 12.8. The molecule has 0 aliphatic carbocycles. The molecule has 1 aromatic carbocycles. The Balaban J connectivity index is 2.04. The molecule has 1 heterocycles. The summed E-state index contributed by atoms with van der Waals surface area (Å²) < 4.78 is 0. The van der Waals surface area contributed by atoms with Crippen molar-refractivity contribution in [3.63, 3.8) is 0 Å². The number of nitrogens with two attached hydrogens (primary N) is 1. The molecule has 0 unspecified atom stereocenters. The van der Waals surface area contributed by atoms with Crippen molar-refractivity contribution in [2.75, 3.05) is 0 Å². The number of hydrogen-bond donors (Lipinski definition) is 1. The standard InChI is InChI=1S/C19H26N2OS/c1-2-3-5-12-18(20)19(22)21(15-17-11-8-13-23-17)14-16-9-6-4-7-10-16/h4,6-11,13,18H,2-3,5,12,14-15,20H2,1H3/t18-/m0/s1. The van der Waals surface area contributed by atoms with E-state index >= 15 is 0 Å². The second-order valence-electron chi connectivity index (χ2n) is 5.86. The van der Waals surface area contributed by atoms with Crippen molar-refractivity contribution in [1.82, 2.24) is 4.90 Å². The van der Waals surface area contributed by atoms with Gasteiger partial charge in [0.05, 0.1) is 12.6 Å². The second kappa shape index (κ2) is 9.48. The Morgan fingerprint density at radius 3 is 2.57 bits per heavy atom. The van der Waals surface area contributed by atoms with Gasteiger partial charge < -0.3 is 10.6 Å². The van der Waals surface area contributed by atoms with Crippen LogP contribution in [0.4, 0.5) is 0 Å². The smallest absolute Gasteiger partial charge is 0.240 e. The van der Waals surface area contributed by atoms with Gasteiger partial charge in [-0.1, -0.05) is 62.6 Å². The summed E-state index contributed by atoms with van der Waals surface area (Å²) in [7, 11) is 0. The summed E-state index contributed by atoms with van der Waals surface area (Å²) in [4.78, 5) is 15.9. The molecule has 0 saturated heterocycles. The molecule has 2 rings (SSSR count). The quantitative estimate of drug-likeness (QED) is 0.701. The molecule has 0 aliphatic heterocycles. The number of rotatable bonds is 9. The Kier molecular flexibility index (Phi) is 7.30. The van der Waals surface area contributed by atoms with Crippen LogP contribution in [0.5, 0.6) is 0 Å². The van der Waals surface area contributed by atoms with E-state index in [2.05, 4.69) is 25.1 Å². The van der Waals surface area contributed by atoms with Gasteiger partial charge in [-0.2, -0.15) is 0 Å². The van der Waals surface area contributed by atoms with Gasteiger partial charge in [0.15, 0.2) is 0 Å². The molecule has 2 aromatic rings. The van der Waals surface area contributed by atoms with E-state index in [1.54, 1.807) is 11.3 Å². The van der Waals surface area contributed by atoms with Crippen LogP contribution in [0.15, 0.2) is 47.8 Å². The Bertz CT molecular complexity index is 568. The maximum atomic E-state index is 12.8. The fourth-order valence-corrected chi connectivity index (χ4v) is 3.30. The minimum atomic E-state index is -0.398. The van der Waals surface area contributed by atoms with Gasteiger partial charge in [-0.05, 0) is 23.4 Å². The molecule has 4 heteroatoms. The number of carbonyl (C=O) groups is 1. The molecule has 0 bridgehead atoms. The molecule has 124 valence electrons. The molecule has 0 aliphatic rings. The van der Waals surface area contributed by atoms with Gasteiger partial charge >= 0.3 is 0 Å². The predicted molar refractivity (Wildman–Crippen MR) is 97.1 cm³/mol. The lowest BCUT2D eigenvalue weighted by molar-refractivity contribution is -0.134. The van der Waals surface area contributed by atoms with Crippen molar-refractivity contribution in [2.45, 2.75) is 51.7 Å². The van der Waals surface area contributed by atoms with Crippen molar-refractivity contribution in [3.05, 3.63) is 58.3 Å². The van der Waals surface area contributed by atoms with Crippen LogP contribution in [0.1, 0.15) is 43.0 Å². The lowest BCUT2D eigenvalue weighted by Gasteiger charge is -2.25.